The first kappa shape index (κ1) is 19.4. The molecule has 2 heterocycles. The van der Waals surface area contributed by atoms with Crippen molar-refractivity contribution in [3.63, 3.8) is 0 Å². The number of aliphatic hydroxyl groups excluding tert-OH is 1. The molecule has 4 rings (SSSR count). The van der Waals surface area contributed by atoms with E-state index >= 15 is 0 Å². The number of hydrogen-bond donors (Lipinski definition) is 3. The fourth-order valence-electron chi connectivity index (χ4n) is 2.95. The van der Waals surface area contributed by atoms with E-state index in [1.807, 2.05) is 61.5 Å². The normalized spacial score (nSPS) is 17.1. The highest BCUT2D eigenvalue weighted by Crippen LogP contribution is 2.35. The summed E-state index contributed by atoms with van der Waals surface area (Å²) in [6.45, 7) is 1.97. The van der Waals surface area contributed by atoms with Gasteiger partial charge >= 0.3 is 0 Å². The molecule has 1 amide bonds. The van der Waals surface area contributed by atoms with Gasteiger partial charge < -0.3 is 10.8 Å². The number of rotatable bonds is 2. The van der Waals surface area contributed by atoms with Crippen molar-refractivity contribution in [2.24, 2.45) is 5.73 Å². The number of thiazole rings is 1. The van der Waals surface area contributed by atoms with Gasteiger partial charge in [0.1, 0.15) is 14.1 Å². The van der Waals surface area contributed by atoms with Crippen molar-refractivity contribution in [2.45, 2.75) is 6.92 Å². The van der Waals surface area contributed by atoms with E-state index in [1.165, 1.54) is 16.7 Å². The van der Waals surface area contributed by atoms with Crippen LogP contribution in [0.5, 0.6) is 0 Å². The van der Waals surface area contributed by atoms with Gasteiger partial charge in [-0.15, -0.1) is 11.3 Å². The van der Waals surface area contributed by atoms with E-state index in [-0.39, 0.29) is 15.9 Å². The third-order valence-electron chi connectivity index (χ3n) is 4.34. The summed E-state index contributed by atoms with van der Waals surface area (Å²) < 4.78 is 2.71. The van der Waals surface area contributed by atoms with Gasteiger partial charge in [0.25, 0.3) is 5.91 Å². The summed E-state index contributed by atoms with van der Waals surface area (Å²) in [7, 11) is 0. The molecule has 0 spiro atoms. The molecule has 1 fully saturated rings. The molecule has 1 saturated heterocycles. The van der Waals surface area contributed by atoms with E-state index in [0.29, 0.717) is 25.3 Å². The van der Waals surface area contributed by atoms with Crippen LogP contribution in [0, 0.1) is 12.3 Å². The molecule has 0 radical (unpaired) electrons. The lowest BCUT2D eigenvalue weighted by Crippen LogP contribution is -2.34. The Kier molecular flexibility index (Phi) is 5.03. The van der Waals surface area contributed by atoms with Crippen LogP contribution in [0.3, 0.4) is 0 Å². The molecule has 29 heavy (non-hydrogen) atoms. The van der Waals surface area contributed by atoms with Gasteiger partial charge in [-0.2, -0.15) is 0 Å². The molecule has 4 N–H and O–H groups in total. The van der Waals surface area contributed by atoms with Gasteiger partial charge in [-0.1, -0.05) is 59.9 Å². The molecule has 9 heteroatoms. The van der Waals surface area contributed by atoms with Crippen LogP contribution in [0.2, 0.25) is 0 Å². The van der Waals surface area contributed by atoms with Gasteiger partial charge in [-0.25, -0.2) is 0 Å². The Morgan fingerprint density at radius 2 is 1.76 bits per heavy atom. The SMILES string of the molecule is Cc1ccc(N2C(=O)C(=c3s/c(=C(\N)O)c(=N)n3-c3ccccc3)SC2=S)cc1. The highest BCUT2D eigenvalue weighted by atomic mass is 32.2. The van der Waals surface area contributed by atoms with Crippen molar-refractivity contribution in [3.8, 4) is 5.69 Å². The maximum absolute atomic E-state index is 13.3. The fraction of sp³-hybridized carbons (Fsp3) is 0.0500. The van der Waals surface area contributed by atoms with Crippen molar-refractivity contribution in [1.29, 1.82) is 5.41 Å². The van der Waals surface area contributed by atoms with E-state index in [4.69, 9.17) is 23.4 Å². The fourth-order valence-corrected chi connectivity index (χ4v) is 5.40. The number of nitrogens with one attached hydrogen (secondary N) is 1. The number of thioether (sulfide) groups is 1. The maximum Gasteiger partial charge on any atom is 0.273 e. The Labute approximate surface area is 179 Å². The molecular formula is C20H16N4O2S3. The summed E-state index contributed by atoms with van der Waals surface area (Å²) in [6, 6.07) is 16.7. The standard InChI is InChI=1S/C20H16N4O2S3/c1-11-7-9-13(10-8-11)24-18(26)15(29-20(24)27)19-23(12-5-3-2-4-6-12)16(21)14(28-19)17(22)25/h2-10,21,25H,22H2,1H3/b17-14+,19-15?,21-16?. The first-order valence-electron chi connectivity index (χ1n) is 8.56. The van der Waals surface area contributed by atoms with Gasteiger partial charge in [-0.3, -0.25) is 19.7 Å². The lowest BCUT2D eigenvalue weighted by Gasteiger charge is -2.14. The number of amides is 1. The van der Waals surface area contributed by atoms with E-state index in [0.717, 1.165) is 16.9 Å². The predicted octanol–water partition coefficient (Wildman–Crippen LogP) is 2.08. The highest BCUT2D eigenvalue weighted by molar-refractivity contribution is 8.31. The third-order valence-corrected chi connectivity index (χ3v) is 7.02. The molecule has 1 aliphatic rings. The molecule has 3 aromatic rings. The molecule has 1 aliphatic heterocycles. The number of aliphatic hydroxyl groups is 1. The molecular weight excluding hydrogens is 424 g/mol. The zero-order valence-corrected chi connectivity index (χ0v) is 17.7. The number of anilines is 1. The minimum absolute atomic E-state index is 0.0109. The summed E-state index contributed by atoms with van der Waals surface area (Å²) >= 11 is 7.74. The predicted molar refractivity (Wildman–Crippen MR) is 121 cm³/mol. The third kappa shape index (κ3) is 3.37. The lowest BCUT2D eigenvalue weighted by atomic mass is 10.2. The van der Waals surface area contributed by atoms with Crippen LogP contribution in [0.15, 0.2) is 54.6 Å². The van der Waals surface area contributed by atoms with Crippen molar-refractivity contribution in [3.05, 3.63) is 74.8 Å². The molecule has 0 bridgehead atoms. The summed E-state index contributed by atoms with van der Waals surface area (Å²) in [5, 5.41) is 18.3. The monoisotopic (exact) mass is 440 g/mol. The Morgan fingerprint density at radius 3 is 2.38 bits per heavy atom. The number of aryl methyl sites for hydroxylation is 1. The summed E-state index contributed by atoms with van der Waals surface area (Å²) in [6.07, 6.45) is 0. The lowest BCUT2D eigenvalue weighted by molar-refractivity contribution is -0.112. The highest BCUT2D eigenvalue weighted by Gasteiger charge is 2.35. The van der Waals surface area contributed by atoms with Crippen LogP contribution in [-0.2, 0) is 4.79 Å². The Morgan fingerprint density at radius 1 is 1.10 bits per heavy atom. The number of para-hydroxylation sites is 1. The van der Waals surface area contributed by atoms with E-state index < -0.39 is 5.88 Å². The summed E-state index contributed by atoms with van der Waals surface area (Å²) in [5.74, 6) is -0.720. The zero-order chi connectivity index (χ0) is 20.7. The molecule has 0 aliphatic carbocycles. The minimum Gasteiger partial charge on any atom is -0.494 e. The number of thiocarbonyl (C=S) groups is 1. The minimum atomic E-state index is -0.454. The quantitative estimate of drug-likeness (QED) is 0.531. The number of hydrogen-bond acceptors (Lipinski definition) is 7. The van der Waals surface area contributed by atoms with Crippen LogP contribution in [0.25, 0.3) is 16.5 Å². The van der Waals surface area contributed by atoms with Crippen molar-refractivity contribution in [2.75, 3.05) is 4.90 Å². The topological polar surface area (TPSA) is 95.3 Å². The van der Waals surface area contributed by atoms with E-state index in [9.17, 15) is 9.90 Å². The number of carbonyl (C=O) groups excluding carboxylic acids is 1. The van der Waals surface area contributed by atoms with Crippen LogP contribution < -0.4 is 25.3 Å². The molecule has 2 aromatic carbocycles. The summed E-state index contributed by atoms with van der Waals surface area (Å²) in [5.41, 5.74) is 8.06. The average Bonchev–Trinajstić information content (AvgIpc) is 3.19. The molecule has 6 nitrogen and oxygen atoms in total. The first-order chi connectivity index (χ1) is 13.9. The van der Waals surface area contributed by atoms with Crippen molar-refractivity contribution in [1.82, 2.24) is 4.57 Å². The van der Waals surface area contributed by atoms with Crippen LogP contribution >= 0.6 is 35.3 Å². The smallest absolute Gasteiger partial charge is 0.273 e. The molecule has 1 aromatic heterocycles. The van der Waals surface area contributed by atoms with Gasteiger partial charge in [-0.05, 0) is 31.2 Å². The second kappa shape index (κ2) is 7.51. The first-order valence-corrected chi connectivity index (χ1v) is 10.6. The second-order valence-electron chi connectivity index (χ2n) is 6.31. The number of benzene rings is 2. The molecule has 0 atom stereocenters. The van der Waals surface area contributed by atoms with E-state index in [1.54, 1.807) is 4.57 Å². The van der Waals surface area contributed by atoms with Crippen LogP contribution in [0.1, 0.15) is 5.56 Å². The van der Waals surface area contributed by atoms with Crippen LogP contribution in [0.4, 0.5) is 5.69 Å². The zero-order valence-electron chi connectivity index (χ0n) is 15.2. The van der Waals surface area contributed by atoms with Gasteiger partial charge in [0, 0.05) is 5.69 Å². The largest absolute Gasteiger partial charge is 0.494 e. The maximum atomic E-state index is 13.3. The number of nitrogens with two attached hydrogens (primary N) is 1. The van der Waals surface area contributed by atoms with E-state index in [2.05, 4.69) is 0 Å². The molecule has 0 unspecified atom stereocenters. The van der Waals surface area contributed by atoms with Gasteiger partial charge in [0.2, 0.25) is 5.88 Å². The number of carbonyl (C=O) groups is 1. The Hall–Kier alpha value is -2.88. The molecule has 146 valence electrons. The number of aromatic nitrogens is 1. The van der Waals surface area contributed by atoms with Crippen LogP contribution in [-0.4, -0.2) is 19.9 Å². The second-order valence-corrected chi connectivity index (χ2v) is 8.96. The Balaban J connectivity index is 1.99. The average molecular weight is 441 g/mol. The summed E-state index contributed by atoms with van der Waals surface area (Å²) in [4.78, 5) is 15.2. The molecule has 0 saturated carbocycles. The van der Waals surface area contributed by atoms with Gasteiger partial charge in [0.15, 0.2) is 9.81 Å². The number of nitrogens with zero attached hydrogens (tertiary/aromatic N) is 2. The van der Waals surface area contributed by atoms with Gasteiger partial charge in [0.05, 0.1) is 5.69 Å². The van der Waals surface area contributed by atoms with Crippen molar-refractivity contribution < 1.29 is 9.90 Å². The Bertz CT molecular complexity index is 1300. The van der Waals surface area contributed by atoms with Crippen molar-refractivity contribution >= 4 is 62.0 Å².